The molecule has 7 heteroatoms. The van der Waals surface area contributed by atoms with Gasteiger partial charge in [-0.05, 0) is 36.8 Å². The van der Waals surface area contributed by atoms with Gasteiger partial charge in [-0.2, -0.15) is 0 Å². The molecule has 0 fully saturated rings. The van der Waals surface area contributed by atoms with E-state index in [9.17, 15) is 8.42 Å². The zero-order chi connectivity index (χ0) is 13.3. The van der Waals surface area contributed by atoms with Gasteiger partial charge in [0.1, 0.15) is 4.21 Å². The van der Waals surface area contributed by atoms with Crippen LogP contribution in [0, 0.1) is 6.92 Å². The van der Waals surface area contributed by atoms with Crippen LogP contribution in [0.25, 0.3) is 0 Å². The Hall–Kier alpha value is -0.750. The summed E-state index contributed by atoms with van der Waals surface area (Å²) in [6.45, 7) is 1.88. The van der Waals surface area contributed by atoms with Gasteiger partial charge in [0, 0.05) is 0 Å². The quantitative estimate of drug-likeness (QED) is 0.922. The van der Waals surface area contributed by atoms with Gasteiger partial charge in [-0.25, -0.2) is 8.42 Å². The van der Waals surface area contributed by atoms with E-state index in [0.717, 1.165) is 16.9 Å². The number of halogens is 2. The first-order chi connectivity index (χ1) is 8.38. The van der Waals surface area contributed by atoms with E-state index in [0.29, 0.717) is 15.0 Å². The minimum atomic E-state index is -3.63. The zero-order valence-corrected chi connectivity index (χ0v) is 12.4. The summed E-state index contributed by atoms with van der Waals surface area (Å²) in [5.41, 5.74) is 1.31. The molecule has 0 spiro atoms. The summed E-state index contributed by atoms with van der Waals surface area (Å²) in [6, 6.07) is 8.10. The van der Waals surface area contributed by atoms with Crippen molar-refractivity contribution in [2.24, 2.45) is 0 Å². The molecule has 0 radical (unpaired) electrons. The molecule has 3 nitrogen and oxygen atoms in total. The van der Waals surface area contributed by atoms with Crippen LogP contribution in [0.4, 0.5) is 5.69 Å². The van der Waals surface area contributed by atoms with Crippen LogP contribution in [0.5, 0.6) is 0 Å². The van der Waals surface area contributed by atoms with Crippen LogP contribution in [0.15, 0.2) is 34.5 Å². The van der Waals surface area contributed by atoms with Gasteiger partial charge in [0.25, 0.3) is 10.0 Å². The molecule has 0 atom stereocenters. The normalized spacial score (nSPS) is 11.5. The lowest BCUT2D eigenvalue weighted by atomic mass is 10.2. The summed E-state index contributed by atoms with van der Waals surface area (Å²) in [4.78, 5) is 0. The Bertz CT molecular complexity index is 680. The Morgan fingerprint density at radius 2 is 1.89 bits per heavy atom. The Morgan fingerprint density at radius 1 is 1.17 bits per heavy atom. The first kappa shape index (κ1) is 13.7. The Morgan fingerprint density at radius 3 is 2.44 bits per heavy atom. The Balaban J connectivity index is 2.33. The number of hydrogen-bond donors (Lipinski definition) is 1. The third kappa shape index (κ3) is 2.98. The molecule has 0 amide bonds. The maximum atomic E-state index is 12.0. The van der Waals surface area contributed by atoms with Gasteiger partial charge < -0.3 is 0 Å². The molecule has 0 unspecified atom stereocenters. The van der Waals surface area contributed by atoms with Crippen molar-refractivity contribution in [3.63, 3.8) is 0 Å². The van der Waals surface area contributed by atoms with E-state index < -0.39 is 10.0 Å². The molecule has 1 N–H and O–H groups in total. The number of nitrogens with one attached hydrogen (secondary N) is 1. The fourth-order valence-corrected chi connectivity index (χ4v) is 4.24. The summed E-state index contributed by atoms with van der Waals surface area (Å²) < 4.78 is 27.1. The summed E-state index contributed by atoms with van der Waals surface area (Å²) >= 11 is 12.7. The van der Waals surface area contributed by atoms with Crippen molar-refractivity contribution in [3.8, 4) is 0 Å². The number of benzene rings is 1. The molecule has 0 saturated heterocycles. The molecule has 1 heterocycles. The first-order valence-corrected chi connectivity index (χ1v) is 7.98. The van der Waals surface area contributed by atoms with Crippen LogP contribution < -0.4 is 4.72 Å². The van der Waals surface area contributed by atoms with Crippen molar-refractivity contribution in [3.05, 3.63) is 45.3 Å². The van der Waals surface area contributed by atoms with Crippen molar-refractivity contribution in [1.29, 1.82) is 0 Å². The molecule has 1 aromatic carbocycles. The number of rotatable bonds is 3. The van der Waals surface area contributed by atoms with E-state index >= 15 is 0 Å². The average Bonchev–Trinajstić information content (AvgIpc) is 2.70. The minimum Gasteiger partial charge on any atom is -0.277 e. The van der Waals surface area contributed by atoms with Crippen molar-refractivity contribution in [2.75, 3.05) is 4.72 Å². The highest BCUT2D eigenvalue weighted by atomic mass is 35.5. The lowest BCUT2D eigenvalue weighted by Gasteiger charge is -2.08. The predicted octanol–water partition coefficient (Wildman–Crippen LogP) is 4.16. The average molecular weight is 322 g/mol. The summed E-state index contributed by atoms with van der Waals surface area (Å²) in [5.74, 6) is 0. The first-order valence-electron chi connectivity index (χ1n) is 4.93. The Kier molecular flexibility index (Phi) is 3.87. The van der Waals surface area contributed by atoms with Gasteiger partial charge in [0.15, 0.2) is 0 Å². The standard InChI is InChI=1S/C11H9Cl2NO2S2/c1-7-2-3-9(8(12)6-7)14-18(15,16)11-5-4-10(13)17-11/h2-6,14H,1H3. The van der Waals surface area contributed by atoms with Gasteiger partial charge in [0.2, 0.25) is 0 Å². The molecule has 0 aliphatic heterocycles. The van der Waals surface area contributed by atoms with Crippen LogP contribution in [0.1, 0.15) is 5.56 Å². The Labute approximate surface area is 119 Å². The number of aryl methyl sites for hydroxylation is 1. The molecular weight excluding hydrogens is 313 g/mol. The largest absolute Gasteiger partial charge is 0.277 e. The second-order valence-electron chi connectivity index (χ2n) is 3.65. The van der Waals surface area contributed by atoms with Crippen molar-refractivity contribution in [1.82, 2.24) is 0 Å². The van der Waals surface area contributed by atoms with Crippen molar-refractivity contribution in [2.45, 2.75) is 11.1 Å². The van der Waals surface area contributed by atoms with E-state index in [1.807, 2.05) is 6.92 Å². The third-order valence-electron chi connectivity index (χ3n) is 2.18. The van der Waals surface area contributed by atoms with Crippen LogP contribution in [-0.4, -0.2) is 8.42 Å². The van der Waals surface area contributed by atoms with Gasteiger partial charge in [-0.3, -0.25) is 4.72 Å². The summed E-state index contributed by atoms with van der Waals surface area (Å²) in [7, 11) is -3.63. The molecule has 18 heavy (non-hydrogen) atoms. The lowest BCUT2D eigenvalue weighted by molar-refractivity contribution is 0.603. The molecule has 96 valence electrons. The van der Waals surface area contributed by atoms with E-state index in [1.54, 1.807) is 18.2 Å². The van der Waals surface area contributed by atoms with E-state index in [1.165, 1.54) is 12.1 Å². The van der Waals surface area contributed by atoms with Crippen LogP contribution in [0.2, 0.25) is 9.36 Å². The van der Waals surface area contributed by atoms with Crippen molar-refractivity contribution >= 4 is 50.2 Å². The smallest absolute Gasteiger partial charge is 0.271 e. The number of hydrogen-bond acceptors (Lipinski definition) is 3. The van der Waals surface area contributed by atoms with Crippen molar-refractivity contribution < 1.29 is 8.42 Å². The fourth-order valence-electron chi connectivity index (χ4n) is 1.34. The molecule has 2 rings (SSSR count). The highest BCUT2D eigenvalue weighted by Gasteiger charge is 2.17. The monoisotopic (exact) mass is 321 g/mol. The number of thiophene rings is 1. The minimum absolute atomic E-state index is 0.157. The molecule has 0 bridgehead atoms. The fraction of sp³-hybridized carbons (Fsp3) is 0.0909. The molecule has 0 aliphatic rings. The van der Waals surface area contributed by atoms with Gasteiger partial charge >= 0.3 is 0 Å². The number of sulfonamides is 1. The maximum Gasteiger partial charge on any atom is 0.271 e. The van der Waals surface area contributed by atoms with Gasteiger partial charge in [-0.1, -0.05) is 29.3 Å². The second-order valence-corrected chi connectivity index (χ2v) is 7.68. The molecule has 0 aliphatic carbocycles. The highest BCUT2D eigenvalue weighted by molar-refractivity contribution is 7.94. The third-order valence-corrected chi connectivity index (χ3v) is 5.58. The predicted molar refractivity (Wildman–Crippen MR) is 76.3 cm³/mol. The zero-order valence-electron chi connectivity index (χ0n) is 9.28. The van der Waals surface area contributed by atoms with E-state index in [2.05, 4.69) is 4.72 Å². The highest BCUT2D eigenvalue weighted by Crippen LogP contribution is 2.29. The van der Waals surface area contributed by atoms with Crippen LogP contribution >= 0.6 is 34.5 Å². The maximum absolute atomic E-state index is 12.0. The number of anilines is 1. The molecule has 1 aromatic heterocycles. The topological polar surface area (TPSA) is 46.2 Å². The lowest BCUT2D eigenvalue weighted by Crippen LogP contribution is -2.11. The molecule has 2 aromatic rings. The van der Waals surface area contributed by atoms with Crippen LogP contribution in [0.3, 0.4) is 0 Å². The SMILES string of the molecule is Cc1ccc(NS(=O)(=O)c2ccc(Cl)s2)c(Cl)c1. The summed E-state index contributed by atoms with van der Waals surface area (Å²) in [5, 5.41) is 0.362. The second kappa shape index (κ2) is 5.09. The van der Waals surface area contributed by atoms with E-state index in [4.69, 9.17) is 23.2 Å². The van der Waals surface area contributed by atoms with E-state index in [-0.39, 0.29) is 4.21 Å². The molecule has 0 saturated carbocycles. The van der Waals surface area contributed by atoms with Crippen LogP contribution in [-0.2, 0) is 10.0 Å². The van der Waals surface area contributed by atoms with Gasteiger partial charge in [-0.15, -0.1) is 11.3 Å². The summed E-state index contributed by atoms with van der Waals surface area (Å²) in [6.07, 6.45) is 0. The van der Waals surface area contributed by atoms with Gasteiger partial charge in [0.05, 0.1) is 15.0 Å². The molecular formula is C11H9Cl2NO2S2.